The zero-order valence-corrected chi connectivity index (χ0v) is 13.8. The number of sulfonamides is 1. The second-order valence-electron chi connectivity index (χ2n) is 5.14. The number of Topliss-reactive ketones (excluding diaryl/α,β-unsaturated/α-hetero) is 1. The predicted molar refractivity (Wildman–Crippen MR) is 86.9 cm³/mol. The van der Waals surface area contributed by atoms with E-state index < -0.39 is 32.2 Å². The summed E-state index contributed by atoms with van der Waals surface area (Å²) in [6, 6.07) is 6.73. The Morgan fingerprint density at radius 1 is 1.16 bits per heavy atom. The number of benzene rings is 2. The number of nitrogens with zero attached hydrogens (tertiary/aromatic N) is 1. The summed E-state index contributed by atoms with van der Waals surface area (Å²) in [5, 5.41) is 29.5. The van der Waals surface area contributed by atoms with Crippen molar-refractivity contribution in [2.75, 3.05) is 0 Å². The Morgan fingerprint density at radius 2 is 1.84 bits per heavy atom. The van der Waals surface area contributed by atoms with E-state index in [1.54, 1.807) is 0 Å². The largest absolute Gasteiger partial charge is 0.504 e. The first kappa shape index (κ1) is 18.4. The van der Waals surface area contributed by atoms with Gasteiger partial charge in [0.15, 0.2) is 17.3 Å². The van der Waals surface area contributed by atoms with E-state index in [0.29, 0.717) is 5.56 Å². The van der Waals surface area contributed by atoms with E-state index in [1.165, 1.54) is 18.2 Å². The van der Waals surface area contributed by atoms with E-state index in [2.05, 4.69) is 4.72 Å². The van der Waals surface area contributed by atoms with Gasteiger partial charge in [-0.15, -0.1) is 0 Å². The molecule has 0 aromatic heterocycles. The molecule has 2 aromatic carbocycles. The average molecular weight is 366 g/mol. The van der Waals surface area contributed by atoms with Gasteiger partial charge in [0.2, 0.25) is 10.0 Å². The van der Waals surface area contributed by atoms with Gasteiger partial charge in [-0.3, -0.25) is 14.9 Å². The lowest BCUT2D eigenvalue weighted by Gasteiger charge is -2.09. The molecule has 0 unspecified atom stereocenters. The third-order valence-electron chi connectivity index (χ3n) is 3.36. The molecule has 132 valence electrons. The third kappa shape index (κ3) is 4.11. The highest BCUT2D eigenvalue weighted by Gasteiger charge is 2.22. The van der Waals surface area contributed by atoms with Gasteiger partial charge in [-0.1, -0.05) is 6.07 Å². The number of carbonyl (C=O) groups excluding carboxylic acids is 1. The molecule has 0 aliphatic heterocycles. The zero-order valence-electron chi connectivity index (χ0n) is 13.0. The van der Waals surface area contributed by atoms with Crippen molar-refractivity contribution in [3.8, 4) is 11.5 Å². The number of phenolic OH excluding ortho intramolecular Hbond substituents is 2. The van der Waals surface area contributed by atoms with Gasteiger partial charge in [-0.2, -0.15) is 0 Å². The molecule has 0 spiro atoms. The van der Waals surface area contributed by atoms with E-state index in [9.17, 15) is 33.5 Å². The van der Waals surface area contributed by atoms with Gasteiger partial charge < -0.3 is 10.2 Å². The smallest absolute Gasteiger partial charge is 0.280 e. The minimum absolute atomic E-state index is 0.192. The molecule has 10 heteroatoms. The number of carbonyl (C=O) groups is 1. The van der Waals surface area contributed by atoms with Crippen LogP contribution in [0.2, 0.25) is 0 Å². The van der Waals surface area contributed by atoms with Crippen molar-refractivity contribution < 1.29 is 28.3 Å². The van der Waals surface area contributed by atoms with Crippen molar-refractivity contribution in [1.82, 2.24) is 4.72 Å². The van der Waals surface area contributed by atoms with E-state index in [4.69, 9.17) is 0 Å². The number of rotatable bonds is 6. The number of nitro benzene ring substituents is 1. The monoisotopic (exact) mass is 366 g/mol. The maximum atomic E-state index is 12.3. The van der Waals surface area contributed by atoms with Crippen LogP contribution in [-0.2, 0) is 16.6 Å². The molecule has 2 rings (SSSR count). The minimum atomic E-state index is -4.05. The Morgan fingerprint density at radius 3 is 2.40 bits per heavy atom. The van der Waals surface area contributed by atoms with Gasteiger partial charge in [0.05, 0.1) is 15.4 Å². The van der Waals surface area contributed by atoms with E-state index >= 15 is 0 Å². The van der Waals surface area contributed by atoms with Crippen LogP contribution in [0.15, 0.2) is 41.3 Å². The molecule has 0 saturated heterocycles. The number of aromatic hydroxyl groups is 2. The highest BCUT2D eigenvalue weighted by molar-refractivity contribution is 7.89. The van der Waals surface area contributed by atoms with Crippen LogP contribution in [0, 0.1) is 10.1 Å². The number of nitrogens with one attached hydrogen (secondary N) is 1. The summed E-state index contributed by atoms with van der Waals surface area (Å²) in [5.74, 6) is -1.37. The van der Waals surface area contributed by atoms with E-state index in [0.717, 1.165) is 25.1 Å². The Kier molecular flexibility index (Phi) is 5.04. The van der Waals surface area contributed by atoms with Gasteiger partial charge in [-0.25, -0.2) is 13.1 Å². The van der Waals surface area contributed by atoms with Crippen LogP contribution >= 0.6 is 0 Å². The average Bonchev–Trinajstić information content (AvgIpc) is 2.55. The quantitative estimate of drug-likeness (QED) is 0.305. The van der Waals surface area contributed by atoms with Gasteiger partial charge in [0, 0.05) is 12.6 Å². The van der Waals surface area contributed by atoms with Crippen LogP contribution in [-0.4, -0.2) is 29.3 Å². The van der Waals surface area contributed by atoms with Gasteiger partial charge in [-0.05, 0) is 36.8 Å². The molecule has 0 saturated carbocycles. The number of ketones is 1. The van der Waals surface area contributed by atoms with E-state index in [1.807, 2.05) is 0 Å². The third-order valence-corrected chi connectivity index (χ3v) is 4.76. The van der Waals surface area contributed by atoms with Gasteiger partial charge in [0.1, 0.15) is 0 Å². The SMILES string of the molecule is CC(=O)c1cc(S(=O)(=O)NCc2ccc(O)c(O)c2)ccc1[N+](=O)[O-]. The molecule has 0 atom stereocenters. The van der Waals surface area contributed by atoms with Crippen molar-refractivity contribution in [3.05, 3.63) is 57.6 Å². The lowest BCUT2D eigenvalue weighted by Crippen LogP contribution is -2.23. The number of phenols is 2. The highest BCUT2D eigenvalue weighted by Crippen LogP contribution is 2.26. The maximum Gasteiger partial charge on any atom is 0.280 e. The second-order valence-corrected chi connectivity index (χ2v) is 6.91. The topological polar surface area (TPSA) is 147 Å². The number of hydrogen-bond acceptors (Lipinski definition) is 7. The molecule has 0 aliphatic rings. The zero-order chi connectivity index (χ0) is 18.8. The van der Waals surface area contributed by atoms with Crippen LogP contribution in [0.3, 0.4) is 0 Å². The van der Waals surface area contributed by atoms with Crippen molar-refractivity contribution >= 4 is 21.5 Å². The summed E-state index contributed by atoms with van der Waals surface area (Å²) in [4.78, 5) is 21.4. The summed E-state index contributed by atoms with van der Waals surface area (Å²) in [7, 11) is -4.05. The molecule has 0 radical (unpaired) electrons. The maximum absolute atomic E-state index is 12.3. The van der Waals surface area contributed by atoms with Crippen molar-refractivity contribution in [3.63, 3.8) is 0 Å². The fraction of sp³-hybridized carbons (Fsp3) is 0.133. The van der Waals surface area contributed by atoms with Crippen LogP contribution in [0.25, 0.3) is 0 Å². The Balaban J connectivity index is 2.29. The predicted octanol–water partition coefficient (Wildman–Crippen LogP) is 1.69. The fourth-order valence-electron chi connectivity index (χ4n) is 2.06. The first-order valence-electron chi connectivity index (χ1n) is 6.91. The molecule has 0 heterocycles. The fourth-order valence-corrected chi connectivity index (χ4v) is 3.11. The van der Waals surface area contributed by atoms with Crippen molar-refractivity contribution in [2.45, 2.75) is 18.4 Å². The molecule has 25 heavy (non-hydrogen) atoms. The first-order valence-corrected chi connectivity index (χ1v) is 8.40. The molecule has 9 nitrogen and oxygen atoms in total. The Hall–Kier alpha value is -2.98. The van der Waals surface area contributed by atoms with Crippen molar-refractivity contribution in [1.29, 1.82) is 0 Å². The summed E-state index contributed by atoms with van der Waals surface area (Å²) < 4.78 is 26.9. The highest BCUT2D eigenvalue weighted by atomic mass is 32.2. The standard InChI is InChI=1S/C15H14N2O7S/c1-9(18)12-7-11(3-4-13(12)17(21)22)25(23,24)16-8-10-2-5-14(19)15(20)6-10/h2-7,16,19-20H,8H2,1H3. The summed E-state index contributed by atoms with van der Waals surface area (Å²) in [6.45, 7) is 0.911. The molecule has 0 aliphatic carbocycles. The summed E-state index contributed by atoms with van der Waals surface area (Å²) in [6.07, 6.45) is 0. The van der Waals surface area contributed by atoms with Crippen LogP contribution in [0.4, 0.5) is 5.69 Å². The van der Waals surface area contributed by atoms with Crippen LogP contribution in [0.5, 0.6) is 11.5 Å². The molecule has 0 amide bonds. The normalized spacial score (nSPS) is 11.2. The Bertz CT molecular complexity index is 954. The lowest BCUT2D eigenvalue weighted by molar-refractivity contribution is -0.385. The Labute approximate surface area is 142 Å². The van der Waals surface area contributed by atoms with Crippen molar-refractivity contribution in [2.24, 2.45) is 0 Å². The number of hydrogen-bond donors (Lipinski definition) is 3. The lowest BCUT2D eigenvalue weighted by atomic mass is 10.1. The first-order chi connectivity index (χ1) is 11.6. The van der Waals surface area contributed by atoms with Crippen LogP contribution in [0.1, 0.15) is 22.8 Å². The van der Waals surface area contributed by atoms with Gasteiger partial charge in [0.25, 0.3) is 5.69 Å². The number of nitro groups is 1. The second kappa shape index (κ2) is 6.87. The summed E-state index contributed by atoms with van der Waals surface area (Å²) in [5.41, 5.74) is -0.405. The minimum Gasteiger partial charge on any atom is -0.504 e. The molecule has 2 aromatic rings. The molecule has 0 fully saturated rings. The molecular formula is C15H14N2O7S. The molecular weight excluding hydrogens is 352 g/mol. The van der Waals surface area contributed by atoms with E-state index in [-0.39, 0.29) is 22.8 Å². The molecule has 3 N–H and O–H groups in total. The summed E-state index contributed by atoms with van der Waals surface area (Å²) >= 11 is 0. The van der Waals surface area contributed by atoms with Gasteiger partial charge >= 0.3 is 0 Å². The molecule has 0 bridgehead atoms. The van der Waals surface area contributed by atoms with Crippen LogP contribution < -0.4 is 4.72 Å².